The number of methoxy groups -OCH3 is 1. The Morgan fingerprint density at radius 1 is 1.25 bits per heavy atom. The van der Waals surface area contributed by atoms with Crippen LogP contribution >= 0.6 is 11.3 Å². The molecule has 0 spiro atoms. The molecule has 0 saturated heterocycles. The predicted molar refractivity (Wildman–Crippen MR) is 106 cm³/mol. The second kappa shape index (κ2) is 7.44. The van der Waals surface area contributed by atoms with Crippen molar-refractivity contribution in [2.24, 2.45) is 0 Å². The van der Waals surface area contributed by atoms with E-state index in [0.717, 1.165) is 27.7 Å². The van der Waals surface area contributed by atoms with Gasteiger partial charge in [-0.25, -0.2) is 9.97 Å². The van der Waals surface area contributed by atoms with E-state index in [-0.39, 0.29) is 12.8 Å². The maximum atomic E-state index is 5.95. The van der Waals surface area contributed by atoms with Crippen molar-refractivity contribution < 1.29 is 18.6 Å². The van der Waals surface area contributed by atoms with Crippen LogP contribution < -0.4 is 14.2 Å². The lowest BCUT2D eigenvalue weighted by Crippen LogP contribution is -2.22. The van der Waals surface area contributed by atoms with Gasteiger partial charge in [0.1, 0.15) is 10.8 Å². The zero-order chi connectivity index (χ0) is 19.8. The molecule has 0 radical (unpaired) electrons. The number of oxazole rings is 1. The Bertz CT molecular complexity index is 997. The summed E-state index contributed by atoms with van der Waals surface area (Å²) in [6.45, 7) is 6.94. The van der Waals surface area contributed by atoms with Gasteiger partial charge in [0.05, 0.1) is 18.8 Å². The van der Waals surface area contributed by atoms with E-state index in [2.05, 4.69) is 29.2 Å². The average molecular weight is 401 g/mol. The average Bonchev–Trinajstić information content (AvgIpc) is 3.40. The molecule has 1 aliphatic rings. The standard InChI is InChI=1S/C20H23N3O4S/c1-11-9-28-20(21-11)12(2)23(4)8-15-13(3)27-19(22-15)14-6-16(24-5)18-17(7-14)25-10-26-18/h6-7,9,12H,8,10H2,1-5H3/t12-/m0/s1. The molecule has 0 aliphatic carbocycles. The van der Waals surface area contributed by atoms with Crippen LogP contribution in [-0.4, -0.2) is 35.8 Å². The number of nitrogens with zero attached hydrogens (tertiary/aromatic N) is 3. The molecule has 1 aliphatic heterocycles. The number of hydrogen-bond acceptors (Lipinski definition) is 8. The molecule has 8 heteroatoms. The van der Waals surface area contributed by atoms with Crippen molar-refractivity contribution in [3.8, 4) is 28.7 Å². The van der Waals surface area contributed by atoms with Gasteiger partial charge < -0.3 is 18.6 Å². The number of ether oxygens (including phenoxy) is 3. The van der Waals surface area contributed by atoms with Crippen molar-refractivity contribution in [3.05, 3.63) is 39.7 Å². The third kappa shape index (κ3) is 3.45. The highest BCUT2D eigenvalue weighted by atomic mass is 32.1. The fraction of sp³-hybridized carbons (Fsp3) is 0.400. The van der Waals surface area contributed by atoms with E-state index in [9.17, 15) is 0 Å². The Kier molecular flexibility index (Phi) is 4.99. The zero-order valence-electron chi connectivity index (χ0n) is 16.6. The summed E-state index contributed by atoms with van der Waals surface area (Å²) >= 11 is 1.68. The number of aryl methyl sites for hydroxylation is 2. The lowest BCUT2D eigenvalue weighted by atomic mass is 10.2. The molecular formula is C20H23N3O4S. The summed E-state index contributed by atoms with van der Waals surface area (Å²) in [5, 5.41) is 3.17. The molecule has 0 saturated carbocycles. The molecule has 28 heavy (non-hydrogen) atoms. The van der Waals surface area contributed by atoms with Gasteiger partial charge in [-0.3, -0.25) is 4.90 Å². The van der Waals surface area contributed by atoms with Gasteiger partial charge in [-0.2, -0.15) is 0 Å². The van der Waals surface area contributed by atoms with E-state index in [0.29, 0.717) is 29.7 Å². The van der Waals surface area contributed by atoms with Gasteiger partial charge in [0.15, 0.2) is 11.5 Å². The van der Waals surface area contributed by atoms with Gasteiger partial charge in [-0.1, -0.05) is 0 Å². The van der Waals surface area contributed by atoms with E-state index < -0.39 is 0 Å². The molecular weight excluding hydrogens is 378 g/mol. The monoisotopic (exact) mass is 401 g/mol. The molecule has 3 heterocycles. The van der Waals surface area contributed by atoms with E-state index >= 15 is 0 Å². The second-order valence-corrected chi connectivity index (χ2v) is 7.74. The third-order valence-corrected chi connectivity index (χ3v) is 5.99. The first-order valence-electron chi connectivity index (χ1n) is 9.03. The molecule has 4 rings (SSSR count). The summed E-state index contributed by atoms with van der Waals surface area (Å²) in [7, 11) is 3.67. The van der Waals surface area contributed by atoms with Crippen molar-refractivity contribution in [3.63, 3.8) is 0 Å². The lowest BCUT2D eigenvalue weighted by Gasteiger charge is -2.21. The van der Waals surface area contributed by atoms with E-state index in [1.165, 1.54) is 0 Å². The highest BCUT2D eigenvalue weighted by Crippen LogP contribution is 2.44. The van der Waals surface area contributed by atoms with Gasteiger partial charge in [-0.15, -0.1) is 11.3 Å². The highest BCUT2D eigenvalue weighted by molar-refractivity contribution is 7.09. The molecule has 0 amide bonds. The molecule has 7 nitrogen and oxygen atoms in total. The van der Waals surface area contributed by atoms with Gasteiger partial charge in [0.2, 0.25) is 18.4 Å². The number of aromatic nitrogens is 2. The molecule has 148 valence electrons. The second-order valence-electron chi connectivity index (χ2n) is 6.85. The molecule has 0 N–H and O–H groups in total. The maximum absolute atomic E-state index is 5.95. The largest absolute Gasteiger partial charge is 0.493 e. The number of rotatable bonds is 6. The van der Waals surface area contributed by atoms with Crippen LogP contribution in [0.1, 0.15) is 35.1 Å². The summed E-state index contributed by atoms with van der Waals surface area (Å²) in [5.41, 5.74) is 2.74. The van der Waals surface area contributed by atoms with Crippen LogP contribution in [0.3, 0.4) is 0 Å². The first kappa shape index (κ1) is 18.8. The molecule has 3 aromatic rings. The van der Waals surface area contributed by atoms with Gasteiger partial charge >= 0.3 is 0 Å². The predicted octanol–water partition coefficient (Wildman–Crippen LogP) is 4.35. The minimum absolute atomic E-state index is 0.184. The minimum Gasteiger partial charge on any atom is -0.493 e. The topological polar surface area (TPSA) is 69.9 Å². The number of fused-ring (bicyclic) bond motifs is 1. The Morgan fingerprint density at radius 2 is 2.07 bits per heavy atom. The summed E-state index contributed by atoms with van der Waals surface area (Å²) in [4.78, 5) is 11.5. The fourth-order valence-corrected chi connectivity index (χ4v) is 3.99. The zero-order valence-corrected chi connectivity index (χ0v) is 17.4. The van der Waals surface area contributed by atoms with E-state index in [1.807, 2.05) is 26.0 Å². The van der Waals surface area contributed by atoms with E-state index in [1.54, 1.807) is 18.4 Å². The Hall–Kier alpha value is -2.58. The quantitative estimate of drug-likeness (QED) is 0.608. The Morgan fingerprint density at radius 3 is 2.79 bits per heavy atom. The van der Waals surface area contributed by atoms with Crippen LogP contribution in [0.4, 0.5) is 0 Å². The number of thiazole rings is 1. The summed E-state index contributed by atoms with van der Waals surface area (Å²) in [5.74, 6) is 3.18. The smallest absolute Gasteiger partial charge is 0.231 e. The van der Waals surface area contributed by atoms with Crippen molar-refractivity contribution in [2.75, 3.05) is 21.0 Å². The summed E-state index contributed by atoms with van der Waals surface area (Å²) in [6.07, 6.45) is 0. The lowest BCUT2D eigenvalue weighted by molar-refractivity contribution is 0.171. The van der Waals surface area contributed by atoms with Gasteiger partial charge in [-0.05, 0) is 40.0 Å². The first-order valence-corrected chi connectivity index (χ1v) is 9.90. The van der Waals surface area contributed by atoms with Crippen LogP contribution in [0.5, 0.6) is 17.2 Å². The molecule has 1 aromatic carbocycles. The van der Waals surface area contributed by atoms with Crippen LogP contribution in [0, 0.1) is 13.8 Å². The third-order valence-electron chi connectivity index (χ3n) is 4.85. The number of benzene rings is 1. The normalized spacial score (nSPS) is 13.9. The van der Waals surface area contributed by atoms with Crippen LogP contribution in [0.2, 0.25) is 0 Å². The molecule has 0 unspecified atom stereocenters. The van der Waals surface area contributed by atoms with Crippen LogP contribution in [-0.2, 0) is 6.54 Å². The van der Waals surface area contributed by atoms with Crippen LogP contribution in [0.15, 0.2) is 21.9 Å². The van der Waals surface area contributed by atoms with Crippen molar-refractivity contribution in [1.29, 1.82) is 0 Å². The van der Waals surface area contributed by atoms with Crippen molar-refractivity contribution >= 4 is 11.3 Å². The van der Waals surface area contributed by atoms with Gasteiger partial charge in [0, 0.05) is 23.2 Å². The SMILES string of the molecule is COc1cc(-c2nc(CN(C)[C@@H](C)c3nc(C)cs3)c(C)o2)cc2c1OCO2. The molecule has 2 aromatic heterocycles. The molecule has 0 fully saturated rings. The minimum atomic E-state index is 0.184. The first-order chi connectivity index (χ1) is 13.5. The van der Waals surface area contributed by atoms with E-state index in [4.69, 9.17) is 23.6 Å². The maximum Gasteiger partial charge on any atom is 0.231 e. The molecule has 1 atom stereocenters. The van der Waals surface area contributed by atoms with Gasteiger partial charge in [0.25, 0.3) is 0 Å². The Balaban J connectivity index is 1.57. The fourth-order valence-electron chi connectivity index (χ4n) is 3.08. The summed E-state index contributed by atoms with van der Waals surface area (Å²) < 4.78 is 22.3. The Labute approximate surface area is 167 Å². The van der Waals surface area contributed by atoms with Crippen LogP contribution in [0.25, 0.3) is 11.5 Å². The molecule has 0 bridgehead atoms. The summed E-state index contributed by atoms with van der Waals surface area (Å²) in [6, 6.07) is 3.92. The van der Waals surface area contributed by atoms with Crippen molar-refractivity contribution in [2.45, 2.75) is 33.4 Å². The highest BCUT2D eigenvalue weighted by Gasteiger charge is 2.24. The number of hydrogen-bond donors (Lipinski definition) is 0. The van der Waals surface area contributed by atoms with Crippen molar-refractivity contribution in [1.82, 2.24) is 14.9 Å².